The van der Waals surface area contributed by atoms with Crippen LogP contribution in [0.2, 0.25) is 0 Å². The number of carbonyl (C=O) groups is 2. The third-order valence-electron chi connectivity index (χ3n) is 6.77. The highest BCUT2D eigenvalue weighted by atomic mass is 19.1. The van der Waals surface area contributed by atoms with E-state index in [1.165, 1.54) is 35.5 Å². The molecule has 1 aliphatic rings. The molecule has 216 valence electrons. The number of nitrogens with zero attached hydrogens (tertiary/aromatic N) is 4. The Bertz CT molecular complexity index is 1470. The maximum absolute atomic E-state index is 14.8. The van der Waals surface area contributed by atoms with E-state index in [9.17, 15) is 18.4 Å². The largest absolute Gasteiger partial charge is 0.486 e. The summed E-state index contributed by atoms with van der Waals surface area (Å²) in [6, 6.07) is 6.98. The molecule has 11 heteroatoms. The van der Waals surface area contributed by atoms with Gasteiger partial charge in [-0.15, -0.1) is 0 Å². The van der Waals surface area contributed by atoms with Crippen molar-refractivity contribution < 1.29 is 23.1 Å². The van der Waals surface area contributed by atoms with Crippen LogP contribution in [0.15, 0.2) is 48.8 Å². The number of halogens is 2. The van der Waals surface area contributed by atoms with Gasteiger partial charge in [-0.3, -0.25) is 9.59 Å². The summed E-state index contributed by atoms with van der Waals surface area (Å²) in [4.78, 5) is 36.9. The smallest absolute Gasteiger partial charge is 0.258 e. The molecule has 1 aliphatic carbocycles. The van der Waals surface area contributed by atoms with Gasteiger partial charge in [0.25, 0.3) is 5.91 Å². The molecule has 3 aromatic rings. The van der Waals surface area contributed by atoms with Crippen LogP contribution in [0.4, 0.5) is 20.3 Å². The van der Waals surface area contributed by atoms with Crippen molar-refractivity contribution in [2.24, 2.45) is 0 Å². The normalized spacial score (nSPS) is 13.0. The van der Waals surface area contributed by atoms with Crippen molar-refractivity contribution in [3.05, 3.63) is 77.1 Å². The molecule has 3 N–H and O–H groups in total. The van der Waals surface area contributed by atoms with Gasteiger partial charge in [0.1, 0.15) is 30.3 Å². The van der Waals surface area contributed by atoms with Crippen LogP contribution in [0.1, 0.15) is 40.2 Å². The number of anilines is 2. The highest BCUT2D eigenvalue weighted by Crippen LogP contribution is 2.40. The molecule has 1 fully saturated rings. The van der Waals surface area contributed by atoms with Crippen molar-refractivity contribution in [2.45, 2.75) is 25.7 Å². The zero-order valence-electron chi connectivity index (χ0n) is 23.6. The second-order valence-corrected chi connectivity index (χ2v) is 10.3. The first-order chi connectivity index (χ1) is 19.5. The third kappa shape index (κ3) is 7.43. The summed E-state index contributed by atoms with van der Waals surface area (Å²) in [6.07, 6.45) is 6.51. The molecule has 2 amide bonds. The maximum Gasteiger partial charge on any atom is 0.258 e. The van der Waals surface area contributed by atoms with Crippen LogP contribution in [0.5, 0.6) is 5.75 Å². The number of ether oxygens (including phenoxy) is 1. The number of nitrogens with one attached hydrogen (secondary N) is 1. The van der Waals surface area contributed by atoms with E-state index in [2.05, 4.69) is 15.3 Å². The van der Waals surface area contributed by atoms with E-state index < -0.39 is 17.5 Å². The number of rotatable bonds is 11. The molecule has 41 heavy (non-hydrogen) atoms. The van der Waals surface area contributed by atoms with Crippen molar-refractivity contribution >= 4 is 23.3 Å². The van der Waals surface area contributed by atoms with E-state index in [-0.39, 0.29) is 47.6 Å². The predicted molar refractivity (Wildman–Crippen MR) is 154 cm³/mol. The number of nitrogen functional groups attached to an aromatic ring is 1. The number of carbonyl (C=O) groups excluding carboxylic acids is 2. The molecule has 1 aromatic heterocycles. The van der Waals surface area contributed by atoms with Crippen LogP contribution in [-0.4, -0.2) is 72.4 Å². The van der Waals surface area contributed by atoms with Crippen molar-refractivity contribution in [1.29, 1.82) is 0 Å². The summed E-state index contributed by atoms with van der Waals surface area (Å²) < 4.78 is 35.4. The molecule has 1 heterocycles. The molecule has 0 radical (unpaired) electrons. The predicted octanol–water partition coefficient (Wildman–Crippen LogP) is 4.40. The number of nitrogens with two attached hydrogens (primary N) is 1. The second kappa shape index (κ2) is 12.9. The fourth-order valence-corrected chi connectivity index (χ4v) is 4.24. The van der Waals surface area contributed by atoms with Gasteiger partial charge < -0.3 is 25.6 Å². The minimum atomic E-state index is -0.699. The molecular weight excluding hydrogens is 530 g/mol. The summed E-state index contributed by atoms with van der Waals surface area (Å²) >= 11 is 0. The van der Waals surface area contributed by atoms with Crippen LogP contribution in [-0.2, 0) is 4.79 Å². The quantitative estimate of drug-likeness (QED) is 0.332. The Balaban J connectivity index is 1.52. The Labute approximate surface area is 238 Å². The molecule has 0 saturated heterocycles. The molecule has 0 unspecified atom stereocenters. The molecular formula is C30H34F2N6O3. The Hall–Kier alpha value is -4.38. The zero-order chi connectivity index (χ0) is 29.7. The Morgan fingerprint density at radius 1 is 1.15 bits per heavy atom. The molecule has 2 aromatic carbocycles. The monoisotopic (exact) mass is 564 g/mol. The van der Waals surface area contributed by atoms with Gasteiger partial charge in [-0.05, 0) is 75.2 Å². The van der Waals surface area contributed by atoms with E-state index in [0.29, 0.717) is 23.6 Å². The van der Waals surface area contributed by atoms with Crippen molar-refractivity contribution in [1.82, 2.24) is 19.8 Å². The lowest BCUT2D eigenvalue weighted by Gasteiger charge is -2.19. The zero-order valence-corrected chi connectivity index (χ0v) is 23.6. The van der Waals surface area contributed by atoms with Crippen molar-refractivity contribution in [3.63, 3.8) is 0 Å². The SMILES string of the molecule is Cc1c(NC(=O)c2ccc(C3CC3)cc2F)cc(F)cc1-c1ncnc(N)c1OCCN(C)C(=O)/C=C/CN(C)C. The number of amides is 2. The van der Waals surface area contributed by atoms with E-state index in [1.54, 1.807) is 26.1 Å². The maximum atomic E-state index is 14.8. The molecule has 0 aliphatic heterocycles. The van der Waals surface area contributed by atoms with Crippen LogP contribution < -0.4 is 15.8 Å². The average Bonchev–Trinajstić information content (AvgIpc) is 3.76. The van der Waals surface area contributed by atoms with Crippen molar-refractivity contribution in [3.8, 4) is 17.0 Å². The fourth-order valence-electron chi connectivity index (χ4n) is 4.24. The first kappa shape index (κ1) is 29.6. The molecule has 0 bridgehead atoms. The third-order valence-corrected chi connectivity index (χ3v) is 6.77. The van der Waals surface area contributed by atoms with Crippen LogP contribution >= 0.6 is 0 Å². The molecule has 9 nitrogen and oxygen atoms in total. The lowest BCUT2D eigenvalue weighted by atomic mass is 10.0. The van der Waals surface area contributed by atoms with Gasteiger partial charge in [0.15, 0.2) is 11.6 Å². The Morgan fingerprint density at radius 3 is 2.59 bits per heavy atom. The number of aromatic nitrogens is 2. The van der Waals surface area contributed by atoms with Gasteiger partial charge in [-0.1, -0.05) is 12.1 Å². The molecule has 4 rings (SSSR count). The average molecular weight is 565 g/mol. The number of likely N-dealkylation sites (N-methyl/N-ethyl adjacent to an activating group) is 2. The number of benzene rings is 2. The van der Waals surface area contributed by atoms with E-state index >= 15 is 0 Å². The summed E-state index contributed by atoms with van der Waals surface area (Å²) in [5.41, 5.74) is 7.96. The van der Waals surface area contributed by atoms with Crippen LogP contribution in [0.3, 0.4) is 0 Å². The van der Waals surface area contributed by atoms with Gasteiger partial charge in [-0.25, -0.2) is 18.7 Å². The topological polar surface area (TPSA) is 114 Å². The highest BCUT2D eigenvalue weighted by molar-refractivity contribution is 6.05. The minimum Gasteiger partial charge on any atom is -0.486 e. The fraction of sp³-hybridized carbons (Fsp3) is 0.333. The Morgan fingerprint density at radius 2 is 1.90 bits per heavy atom. The summed E-state index contributed by atoms with van der Waals surface area (Å²) in [5, 5.41) is 2.62. The first-order valence-electron chi connectivity index (χ1n) is 13.3. The standard InChI is InChI=1S/C30H34F2N6O3/c1-18-23(15-21(31)16-25(18)36-30(40)22-10-9-20(14-24(22)32)19-7-8-19)27-28(29(33)35-17-34-27)41-13-12-38(4)26(39)6-5-11-37(2)3/h5-6,9-10,14-17,19H,7-8,11-13H2,1-4H3,(H,36,40)(H2,33,34,35)/b6-5+. The van der Waals surface area contributed by atoms with E-state index in [4.69, 9.17) is 10.5 Å². The van der Waals surface area contributed by atoms with Gasteiger partial charge in [0.05, 0.1) is 12.1 Å². The first-order valence-corrected chi connectivity index (χ1v) is 13.3. The van der Waals surface area contributed by atoms with Gasteiger partial charge in [0, 0.05) is 30.9 Å². The molecule has 0 spiro atoms. The molecule has 0 atom stereocenters. The highest BCUT2D eigenvalue weighted by Gasteiger charge is 2.25. The van der Waals surface area contributed by atoms with Gasteiger partial charge in [-0.2, -0.15) is 0 Å². The minimum absolute atomic E-state index is 0.0296. The van der Waals surface area contributed by atoms with E-state index in [1.807, 2.05) is 19.0 Å². The number of hydrogen-bond donors (Lipinski definition) is 2. The Kier molecular flexibility index (Phi) is 9.28. The lowest BCUT2D eigenvalue weighted by Crippen LogP contribution is -2.29. The summed E-state index contributed by atoms with van der Waals surface area (Å²) in [7, 11) is 5.45. The number of hydrogen-bond acceptors (Lipinski definition) is 7. The second-order valence-electron chi connectivity index (χ2n) is 10.3. The van der Waals surface area contributed by atoms with Crippen LogP contribution in [0.25, 0.3) is 11.3 Å². The summed E-state index contributed by atoms with van der Waals surface area (Å²) in [5.74, 6) is -1.67. The summed E-state index contributed by atoms with van der Waals surface area (Å²) in [6.45, 7) is 2.62. The van der Waals surface area contributed by atoms with Gasteiger partial charge >= 0.3 is 0 Å². The van der Waals surface area contributed by atoms with Crippen molar-refractivity contribution in [2.75, 3.05) is 51.9 Å². The lowest BCUT2D eigenvalue weighted by molar-refractivity contribution is -0.125. The molecule has 1 saturated carbocycles. The van der Waals surface area contributed by atoms with Crippen LogP contribution in [0, 0.1) is 18.6 Å². The van der Waals surface area contributed by atoms with Gasteiger partial charge in [0.2, 0.25) is 5.91 Å². The van der Waals surface area contributed by atoms with E-state index in [0.717, 1.165) is 24.5 Å².